The van der Waals surface area contributed by atoms with Crippen molar-refractivity contribution in [3.8, 4) is 0 Å². The maximum Gasteiger partial charge on any atom is 0.313 e. The molecular formula is C39H55N3O7. The van der Waals surface area contributed by atoms with Crippen LogP contribution in [0, 0.1) is 17.3 Å². The van der Waals surface area contributed by atoms with Crippen molar-refractivity contribution in [1.82, 2.24) is 14.7 Å². The van der Waals surface area contributed by atoms with E-state index in [2.05, 4.69) is 34.6 Å². The Morgan fingerprint density at radius 2 is 1.67 bits per heavy atom. The molecule has 10 heteroatoms. The van der Waals surface area contributed by atoms with Crippen LogP contribution in [-0.2, 0) is 28.7 Å². The van der Waals surface area contributed by atoms with Gasteiger partial charge in [0.25, 0.3) is 0 Å². The number of aliphatic hydroxyl groups is 1. The molecule has 4 aliphatic heterocycles. The molecule has 0 aromatic heterocycles. The molecule has 0 radical (unpaired) electrons. The fourth-order valence-electron chi connectivity index (χ4n) is 8.64. The summed E-state index contributed by atoms with van der Waals surface area (Å²) in [5, 5.41) is 9.42. The zero-order chi connectivity index (χ0) is 35.7. The van der Waals surface area contributed by atoms with Crippen LogP contribution in [0.25, 0.3) is 0 Å². The number of hydrogen-bond donors (Lipinski definition) is 1. The predicted molar refractivity (Wildman–Crippen MR) is 186 cm³/mol. The lowest BCUT2D eigenvalue weighted by Crippen LogP contribution is -2.59. The zero-order valence-corrected chi connectivity index (χ0v) is 30.3. The molecule has 0 bridgehead atoms. The van der Waals surface area contributed by atoms with E-state index < -0.39 is 53.2 Å². The highest BCUT2D eigenvalue weighted by Gasteiger charge is 2.72. The minimum absolute atomic E-state index is 0.0488. The molecule has 7 atom stereocenters. The van der Waals surface area contributed by atoms with Gasteiger partial charge < -0.3 is 29.3 Å². The molecule has 5 rings (SSSR count). The number of ether oxygens (including phenoxy) is 2. The average Bonchev–Trinajstić information content (AvgIpc) is 3.41. The molecule has 0 aliphatic carbocycles. The molecular weight excluding hydrogens is 622 g/mol. The van der Waals surface area contributed by atoms with Gasteiger partial charge in [-0.2, -0.15) is 0 Å². The first kappa shape index (κ1) is 36.8. The fourth-order valence-corrected chi connectivity index (χ4v) is 8.64. The van der Waals surface area contributed by atoms with Crippen LogP contribution in [0.4, 0.5) is 0 Å². The SMILES string of the molecule is C[C@H]1[C@H](c2ccccc2)OC(=O)[C@@H]2[C@H](/C=C\CCC(=O)N1C)O[C@@]13C=CCN(C(C)(C)CC(C)(C)C)C(=O)[C@@H]1N(CCCCCO)C(=O)[C@@H]23. The van der Waals surface area contributed by atoms with Crippen molar-refractivity contribution in [2.75, 3.05) is 26.7 Å². The first-order valence-electron chi connectivity index (χ1n) is 17.9. The summed E-state index contributed by atoms with van der Waals surface area (Å²) in [4.78, 5) is 62.5. The number of unbranched alkanes of at least 4 members (excludes halogenated alkanes) is 2. The van der Waals surface area contributed by atoms with Gasteiger partial charge in [-0.25, -0.2) is 0 Å². The zero-order valence-electron chi connectivity index (χ0n) is 30.3. The molecule has 10 nitrogen and oxygen atoms in total. The third kappa shape index (κ3) is 7.22. The number of aliphatic hydroxyl groups excluding tert-OH is 1. The highest BCUT2D eigenvalue weighted by molar-refractivity contribution is 5.99. The van der Waals surface area contributed by atoms with E-state index in [9.17, 15) is 24.3 Å². The summed E-state index contributed by atoms with van der Waals surface area (Å²) in [6.45, 7) is 13.1. The molecule has 1 aromatic carbocycles. The van der Waals surface area contributed by atoms with Gasteiger partial charge in [-0.15, -0.1) is 0 Å². The molecule has 2 fully saturated rings. The van der Waals surface area contributed by atoms with Crippen LogP contribution >= 0.6 is 0 Å². The molecule has 4 aliphatic rings. The van der Waals surface area contributed by atoms with E-state index in [1.54, 1.807) is 22.9 Å². The van der Waals surface area contributed by atoms with Crippen LogP contribution in [0.3, 0.4) is 0 Å². The Balaban J connectivity index is 1.59. The van der Waals surface area contributed by atoms with Crippen LogP contribution in [-0.4, -0.2) is 99.6 Å². The van der Waals surface area contributed by atoms with Gasteiger partial charge in [0.2, 0.25) is 17.7 Å². The number of cyclic esters (lactones) is 1. The minimum Gasteiger partial charge on any atom is -0.455 e. The summed E-state index contributed by atoms with van der Waals surface area (Å²) in [5.41, 5.74) is -1.24. The number of likely N-dealkylation sites (N-methyl/N-ethyl adjacent to an activating group) is 1. The molecule has 268 valence electrons. The second kappa shape index (κ2) is 14.4. The second-order valence-corrected chi connectivity index (χ2v) is 16.0. The van der Waals surface area contributed by atoms with E-state index in [-0.39, 0.29) is 36.2 Å². The normalized spacial score (nSPS) is 31.8. The molecule has 49 heavy (non-hydrogen) atoms. The van der Waals surface area contributed by atoms with Crippen molar-refractivity contribution in [2.24, 2.45) is 17.3 Å². The van der Waals surface area contributed by atoms with Crippen LogP contribution in [0.15, 0.2) is 54.6 Å². The monoisotopic (exact) mass is 677 g/mol. The third-order valence-corrected chi connectivity index (χ3v) is 10.7. The maximum atomic E-state index is 14.9. The Labute approximate surface area is 291 Å². The molecule has 1 N–H and O–H groups in total. The van der Waals surface area contributed by atoms with Gasteiger partial charge in [-0.1, -0.05) is 75.4 Å². The Bertz CT molecular complexity index is 1450. The Kier molecular flexibility index (Phi) is 10.8. The lowest BCUT2D eigenvalue weighted by molar-refractivity contribution is -0.164. The van der Waals surface area contributed by atoms with E-state index >= 15 is 0 Å². The van der Waals surface area contributed by atoms with Gasteiger partial charge in [0.1, 0.15) is 23.7 Å². The Hall–Kier alpha value is -3.50. The summed E-state index contributed by atoms with van der Waals surface area (Å²) >= 11 is 0. The fraction of sp³-hybridized carbons (Fsp3) is 0.641. The lowest BCUT2D eigenvalue weighted by atomic mass is 9.77. The quantitative estimate of drug-likeness (QED) is 0.238. The van der Waals surface area contributed by atoms with Crippen molar-refractivity contribution >= 4 is 23.7 Å². The maximum absolute atomic E-state index is 14.9. The van der Waals surface area contributed by atoms with E-state index in [0.29, 0.717) is 38.8 Å². The number of benzene rings is 1. The number of likely N-dealkylation sites (tertiary alicyclic amines) is 1. The number of hydrogen-bond acceptors (Lipinski definition) is 7. The Morgan fingerprint density at radius 3 is 2.35 bits per heavy atom. The van der Waals surface area contributed by atoms with E-state index in [0.717, 1.165) is 12.0 Å². The number of rotatable bonds is 8. The first-order chi connectivity index (χ1) is 23.1. The molecule has 0 saturated carbocycles. The van der Waals surface area contributed by atoms with Crippen LogP contribution in [0.2, 0.25) is 0 Å². The lowest BCUT2D eigenvalue weighted by Gasteiger charge is -2.44. The molecule has 0 unspecified atom stereocenters. The third-order valence-electron chi connectivity index (χ3n) is 10.7. The Morgan fingerprint density at radius 1 is 0.959 bits per heavy atom. The molecule has 3 amide bonds. The summed E-state index contributed by atoms with van der Waals surface area (Å²) in [6, 6.07) is 7.89. The van der Waals surface area contributed by atoms with Gasteiger partial charge in [0.05, 0.1) is 18.1 Å². The van der Waals surface area contributed by atoms with Gasteiger partial charge in [0.15, 0.2) is 0 Å². The standard InChI is InChI=1S/C39H55N3O7/c1-26-32(27-17-10-8-11-18-27)48-36(47)30-28(19-12-13-20-29(44)40(26)7)49-39-21-16-23-42(38(5,6)25-37(2,3)4)35(46)33(39)41(34(45)31(30)39)22-14-9-15-24-43/h8,10-12,16-19,21,26,28,30-33,43H,9,13-15,20,22-25H2,1-7H3/b19-12-/t26-,28-,30+,31+,32+,33-,39+/m0/s1. The number of esters is 1. The predicted octanol–water partition coefficient (Wildman–Crippen LogP) is 4.82. The summed E-state index contributed by atoms with van der Waals surface area (Å²) in [7, 11) is 1.72. The highest BCUT2D eigenvalue weighted by atomic mass is 16.6. The number of carbonyl (C=O) groups is 4. The molecule has 4 heterocycles. The summed E-state index contributed by atoms with van der Waals surface area (Å²) in [5.74, 6) is -3.17. The van der Waals surface area contributed by atoms with Crippen molar-refractivity contribution in [3.05, 3.63) is 60.2 Å². The largest absolute Gasteiger partial charge is 0.455 e. The first-order valence-corrected chi connectivity index (χ1v) is 17.9. The summed E-state index contributed by atoms with van der Waals surface area (Å²) < 4.78 is 13.3. The average molecular weight is 678 g/mol. The van der Waals surface area contributed by atoms with Crippen molar-refractivity contribution in [3.63, 3.8) is 0 Å². The smallest absolute Gasteiger partial charge is 0.313 e. The van der Waals surface area contributed by atoms with Gasteiger partial charge in [0, 0.05) is 38.7 Å². The second-order valence-electron chi connectivity index (χ2n) is 16.0. The van der Waals surface area contributed by atoms with Crippen molar-refractivity contribution in [1.29, 1.82) is 0 Å². The number of nitrogens with zero attached hydrogens (tertiary/aromatic N) is 3. The van der Waals surface area contributed by atoms with Crippen molar-refractivity contribution < 1.29 is 33.8 Å². The van der Waals surface area contributed by atoms with E-state index in [4.69, 9.17) is 9.47 Å². The highest BCUT2D eigenvalue weighted by Crippen LogP contribution is 2.54. The molecule has 1 aromatic rings. The number of allylic oxidation sites excluding steroid dienone is 1. The van der Waals surface area contributed by atoms with E-state index in [1.165, 1.54) is 0 Å². The number of fused-ring (bicyclic) bond motifs is 2. The molecule has 1 spiro atoms. The van der Waals surface area contributed by atoms with Gasteiger partial charge in [-0.05, 0) is 63.9 Å². The number of carbonyl (C=O) groups excluding carboxylic acids is 4. The molecule has 2 saturated heterocycles. The van der Waals surface area contributed by atoms with Gasteiger partial charge in [-0.3, -0.25) is 19.2 Å². The van der Waals surface area contributed by atoms with Crippen LogP contribution < -0.4 is 0 Å². The summed E-state index contributed by atoms with van der Waals surface area (Å²) in [6.07, 6.45) is 9.07. The minimum atomic E-state index is -1.39. The van der Waals surface area contributed by atoms with Crippen LogP contribution in [0.1, 0.15) is 91.7 Å². The number of amides is 3. The topological polar surface area (TPSA) is 117 Å². The van der Waals surface area contributed by atoms with Gasteiger partial charge >= 0.3 is 5.97 Å². The van der Waals surface area contributed by atoms with Crippen LogP contribution in [0.5, 0.6) is 0 Å². The van der Waals surface area contributed by atoms with E-state index in [1.807, 2.05) is 60.4 Å². The van der Waals surface area contributed by atoms with Crippen molar-refractivity contribution in [2.45, 2.75) is 115 Å².